The number of benzene rings is 2. The van der Waals surface area contributed by atoms with Gasteiger partial charge in [0, 0.05) is 15.7 Å². The molecule has 0 radical (unpaired) electrons. The van der Waals surface area contributed by atoms with Crippen LogP contribution in [-0.2, 0) is 20.7 Å². The molecule has 0 aliphatic rings. The maximum absolute atomic E-state index is 11.9. The zero-order valence-electron chi connectivity index (χ0n) is 13.4. The molecule has 126 valence electrons. The fraction of sp³-hybridized carbons (Fsp3) is 0.222. The van der Waals surface area contributed by atoms with Gasteiger partial charge in [0.25, 0.3) is 5.91 Å². The van der Waals surface area contributed by atoms with Crippen molar-refractivity contribution in [1.82, 2.24) is 0 Å². The van der Waals surface area contributed by atoms with Gasteiger partial charge in [-0.15, -0.1) is 0 Å². The Balaban J connectivity index is 1.85. The van der Waals surface area contributed by atoms with Crippen molar-refractivity contribution in [2.24, 2.45) is 0 Å². The number of nitrogens with one attached hydrogen (secondary N) is 1. The first-order valence-corrected chi connectivity index (χ1v) is 8.07. The molecule has 0 unspecified atom stereocenters. The molecule has 0 aromatic heterocycles. The molecule has 0 saturated carbocycles. The normalized spacial score (nSPS) is 10.3. The summed E-state index contributed by atoms with van der Waals surface area (Å²) in [4.78, 5) is 23.7. The zero-order valence-corrected chi connectivity index (χ0v) is 14.9. The molecule has 4 nitrogen and oxygen atoms in total. The lowest BCUT2D eigenvalue weighted by atomic mass is 10.1. The second-order valence-electron chi connectivity index (χ2n) is 5.44. The number of amides is 1. The first kappa shape index (κ1) is 18.3. The molecule has 0 fully saturated rings. The van der Waals surface area contributed by atoms with Gasteiger partial charge in [-0.1, -0.05) is 47.0 Å². The van der Waals surface area contributed by atoms with Gasteiger partial charge in [-0.05, 0) is 43.2 Å². The highest BCUT2D eigenvalue weighted by molar-refractivity contribution is 6.35. The third-order valence-corrected chi connectivity index (χ3v) is 3.96. The van der Waals surface area contributed by atoms with Crippen molar-refractivity contribution in [2.75, 3.05) is 11.9 Å². The Morgan fingerprint density at radius 2 is 1.83 bits per heavy atom. The van der Waals surface area contributed by atoms with Crippen LogP contribution >= 0.6 is 23.2 Å². The van der Waals surface area contributed by atoms with Crippen LogP contribution in [0.3, 0.4) is 0 Å². The largest absolute Gasteiger partial charge is 0.455 e. The summed E-state index contributed by atoms with van der Waals surface area (Å²) in [5, 5.41) is 3.59. The van der Waals surface area contributed by atoms with Crippen molar-refractivity contribution < 1.29 is 14.3 Å². The minimum Gasteiger partial charge on any atom is -0.455 e. The number of anilines is 1. The van der Waals surface area contributed by atoms with Crippen LogP contribution in [0.4, 0.5) is 5.69 Å². The van der Waals surface area contributed by atoms with Crippen LogP contribution in [0, 0.1) is 13.8 Å². The number of hydrogen-bond donors (Lipinski definition) is 1. The number of carbonyl (C=O) groups is 2. The molecule has 0 spiro atoms. The van der Waals surface area contributed by atoms with Crippen LogP contribution in [0.1, 0.15) is 16.7 Å². The maximum atomic E-state index is 11.9. The summed E-state index contributed by atoms with van der Waals surface area (Å²) in [5.41, 5.74) is 3.35. The van der Waals surface area contributed by atoms with E-state index < -0.39 is 11.9 Å². The van der Waals surface area contributed by atoms with Crippen LogP contribution in [-0.4, -0.2) is 18.5 Å². The van der Waals surface area contributed by atoms with E-state index in [-0.39, 0.29) is 13.0 Å². The van der Waals surface area contributed by atoms with Crippen molar-refractivity contribution in [3.05, 3.63) is 63.1 Å². The van der Waals surface area contributed by atoms with Gasteiger partial charge in [-0.3, -0.25) is 9.59 Å². The first-order valence-electron chi connectivity index (χ1n) is 7.32. The van der Waals surface area contributed by atoms with E-state index in [1.54, 1.807) is 18.2 Å². The van der Waals surface area contributed by atoms with E-state index in [1.807, 2.05) is 32.0 Å². The Hall–Kier alpha value is -2.04. The molecular formula is C18H17Cl2NO3. The summed E-state index contributed by atoms with van der Waals surface area (Å²) in [6.45, 7) is 3.52. The molecular weight excluding hydrogens is 349 g/mol. The van der Waals surface area contributed by atoms with Gasteiger partial charge in [0.15, 0.2) is 6.61 Å². The highest BCUT2D eigenvalue weighted by atomic mass is 35.5. The smallest absolute Gasteiger partial charge is 0.310 e. The predicted octanol–water partition coefficient (Wildman–Crippen LogP) is 4.33. The molecule has 0 atom stereocenters. The van der Waals surface area contributed by atoms with Gasteiger partial charge >= 0.3 is 5.97 Å². The Morgan fingerprint density at radius 1 is 1.08 bits per heavy atom. The van der Waals surface area contributed by atoms with Crippen LogP contribution in [0.15, 0.2) is 36.4 Å². The summed E-state index contributed by atoms with van der Waals surface area (Å²) >= 11 is 11.8. The Bertz CT molecular complexity index is 709. The average Bonchev–Trinajstić information content (AvgIpc) is 2.51. The van der Waals surface area contributed by atoms with Crippen LogP contribution in [0.5, 0.6) is 0 Å². The van der Waals surface area contributed by atoms with Gasteiger partial charge < -0.3 is 10.1 Å². The van der Waals surface area contributed by atoms with Gasteiger partial charge in [0.2, 0.25) is 0 Å². The molecule has 0 aliphatic heterocycles. The Labute approximate surface area is 150 Å². The van der Waals surface area contributed by atoms with Crippen molar-refractivity contribution in [2.45, 2.75) is 20.3 Å². The second kappa shape index (κ2) is 8.18. The van der Waals surface area contributed by atoms with Crippen LogP contribution in [0.2, 0.25) is 10.0 Å². The number of rotatable bonds is 5. The van der Waals surface area contributed by atoms with Crippen LogP contribution < -0.4 is 5.32 Å². The number of halogens is 2. The number of hydrogen-bond acceptors (Lipinski definition) is 3. The lowest BCUT2D eigenvalue weighted by molar-refractivity contribution is -0.146. The molecule has 6 heteroatoms. The monoisotopic (exact) mass is 365 g/mol. The first-order chi connectivity index (χ1) is 11.3. The molecule has 1 amide bonds. The Morgan fingerprint density at radius 3 is 2.50 bits per heavy atom. The zero-order chi connectivity index (χ0) is 17.7. The van der Waals surface area contributed by atoms with E-state index in [1.165, 1.54) is 0 Å². The highest BCUT2D eigenvalue weighted by Gasteiger charge is 2.12. The van der Waals surface area contributed by atoms with Crippen molar-refractivity contribution in [3.8, 4) is 0 Å². The van der Waals surface area contributed by atoms with E-state index in [0.29, 0.717) is 21.3 Å². The van der Waals surface area contributed by atoms with Gasteiger partial charge in [-0.25, -0.2) is 0 Å². The number of ether oxygens (including phenoxy) is 1. The van der Waals surface area contributed by atoms with E-state index in [0.717, 1.165) is 11.1 Å². The van der Waals surface area contributed by atoms with Crippen molar-refractivity contribution in [1.29, 1.82) is 0 Å². The second-order valence-corrected chi connectivity index (χ2v) is 6.28. The average molecular weight is 366 g/mol. The third kappa shape index (κ3) is 5.25. The molecule has 2 aromatic rings. The summed E-state index contributed by atoms with van der Waals surface area (Å²) in [6, 6.07) is 10.5. The minimum absolute atomic E-state index is 0.0210. The number of carbonyl (C=O) groups excluding carboxylic acids is 2. The Kier molecular flexibility index (Phi) is 6.23. The summed E-state index contributed by atoms with van der Waals surface area (Å²) < 4.78 is 4.99. The lowest BCUT2D eigenvalue weighted by Gasteiger charge is -2.10. The molecule has 0 aliphatic carbocycles. The van der Waals surface area contributed by atoms with Crippen molar-refractivity contribution in [3.63, 3.8) is 0 Å². The SMILES string of the molecule is Cc1ccc(NC(=O)COC(=O)Cc2ccc(Cl)cc2Cl)c(C)c1. The fourth-order valence-corrected chi connectivity index (χ4v) is 2.63. The van der Waals surface area contributed by atoms with Gasteiger partial charge in [0.05, 0.1) is 6.42 Å². The fourth-order valence-electron chi connectivity index (χ4n) is 2.16. The summed E-state index contributed by atoms with van der Waals surface area (Å²) in [6.07, 6.45) is -0.0210. The van der Waals surface area contributed by atoms with E-state index in [9.17, 15) is 9.59 Å². The standard InChI is InChI=1S/C18H17Cl2NO3/c1-11-3-6-16(12(2)7-11)21-17(22)10-24-18(23)8-13-4-5-14(19)9-15(13)20/h3-7,9H,8,10H2,1-2H3,(H,21,22). The minimum atomic E-state index is -0.532. The molecule has 24 heavy (non-hydrogen) atoms. The predicted molar refractivity (Wildman–Crippen MR) is 95.7 cm³/mol. The maximum Gasteiger partial charge on any atom is 0.310 e. The van der Waals surface area contributed by atoms with E-state index in [2.05, 4.69) is 5.32 Å². The molecule has 2 rings (SSSR count). The quantitative estimate of drug-likeness (QED) is 0.802. The topological polar surface area (TPSA) is 55.4 Å². The summed E-state index contributed by atoms with van der Waals surface area (Å²) in [5.74, 6) is -0.924. The molecule has 1 N–H and O–H groups in total. The molecule has 0 bridgehead atoms. The number of aryl methyl sites for hydroxylation is 2. The lowest BCUT2D eigenvalue weighted by Crippen LogP contribution is -2.22. The molecule has 2 aromatic carbocycles. The van der Waals surface area contributed by atoms with Crippen molar-refractivity contribution >= 4 is 40.8 Å². The van der Waals surface area contributed by atoms with E-state index >= 15 is 0 Å². The molecule has 0 heterocycles. The van der Waals surface area contributed by atoms with E-state index in [4.69, 9.17) is 27.9 Å². The van der Waals surface area contributed by atoms with Crippen LogP contribution in [0.25, 0.3) is 0 Å². The van der Waals surface area contributed by atoms with Gasteiger partial charge in [-0.2, -0.15) is 0 Å². The third-order valence-electron chi connectivity index (χ3n) is 3.37. The van der Waals surface area contributed by atoms with Gasteiger partial charge in [0.1, 0.15) is 0 Å². The highest BCUT2D eigenvalue weighted by Crippen LogP contribution is 2.21. The number of esters is 1. The summed E-state index contributed by atoms with van der Waals surface area (Å²) in [7, 11) is 0. The molecule has 0 saturated heterocycles.